The first kappa shape index (κ1) is 21.4. The topological polar surface area (TPSA) is 108 Å². The minimum Gasteiger partial charge on any atom is -0.497 e. The monoisotopic (exact) mass is 435 g/mol. The van der Waals surface area contributed by atoms with Crippen LogP contribution in [0.2, 0.25) is 0 Å². The van der Waals surface area contributed by atoms with Crippen LogP contribution in [0.1, 0.15) is 34.3 Å². The lowest BCUT2D eigenvalue weighted by atomic mass is 10.0. The maximum absolute atomic E-state index is 12.9. The molecule has 4 rings (SSSR count). The van der Waals surface area contributed by atoms with E-state index >= 15 is 0 Å². The lowest BCUT2D eigenvalue weighted by Crippen LogP contribution is -2.49. The molecule has 2 aliphatic heterocycles. The number of anilines is 2. The molecule has 3 heterocycles. The van der Waals surface area contributed by atoms with Gasteiger partial charge >= 0.3 is 12.0 Å². The number of pyridine rings is 1. The molecule has 2 aromatic rings. The third-order valence-corrected chi connectivity index (χ3v) is 6.08. The highest BCUT2D eigenvalue weighted by molar-refractivity contribution is 5.93. The summed E-state index contributed by atoms with van der Waals surface area (Å²) in [7, 11) is 2.92. The van der Waals surface area contributed by atoms with Gasteiger partial charge in [-0.15, -0.1) is 0 Å². The summed E-state index contributed by atoms with van der Waals surface area (Å²) in [6, 6.07) is 9.31. The highest BCUT2D eigenvalue weighted by Crippen LogP contribution is 2.28. The number of nitrogens with one attached hydrogen (secondary N) is 1. The van der Waals surface area contributed by atoms with Gasteiger partial charge in [-0.05, 0) is 49.1 Å². The summed E-state index contributed by atoms with van der Waals surface area (Å²) in [5.74, 6) is 0.848. The number of nitriles is 1. The minimum absolute atomic E-state index is 0.0863. The van der Waals surface area contributed by atoms with E-state index in [1.807, 2.05) is 29.2 Å². The molecule has 0 spiro atoms. The van der Waals surface area contributed by atoms with Crippen LogP contribution in [-0.4, -0.2) is 61.8 Å². The molecule has 0 radical (unpaired) electrons. The zero-order valence-corrected chi connectivity index (χ0v) is 18.1. The number of amides is 2. The van der Waals surface area contributed by atoms with E-state index in [-0.39, 0.29) is 23.2 Å². The van der Waals surface area contributed by atoms with Gasteiger partial charge in [-0.2, -0.15) is 5.26 Å². The number of nitrogens with zero attached hydrogens (tertiary/aromatic N) is 4. The van der Waals surface area contributed by atoms with Crippen LogP contribution in [0, 0.1) is 11.3 Å². The van der Waals surface area contributed by atoms with Gasteiger partial charge in [-0.1, -0.05) is 0 Å². The van der Waals surface area contributed by atoms with E-state index < -0.39 is 5.97 Å². The molecule has 1 aromatic carbocycles. The quantitative estimate of drug-likeness (QED) is 0.736. The van der Waals surface area contributed by atoms with Crippen molar-refractivity contribution in [3.63, 3.8) is 0 Å². The molecule has 9 heteroatoms. The van der Waals surface area contributed by atoms with E-state index in [4.69, 9.17) is 9.47 Å². The van der Waals surface area contributed by atoms with Crippen molar-refractivity contribution in [3.8, 4) is 11.8 Å². The fourth-order valence-electron chi connectivity index (χ4n) is 4.30. The van der Waals surface area contributed by atoms with Crippen LogP contribution < -0.4 is 15.0 Å². The van der Waals surface area contributed by atoms with E-state index in [0.29, 0.717) is 25.5 Å². The number of hydrogen-bond acceptors (Lipinski definition) is 7. The Bertz CT molecular complexity index is 1070. The standard InChI is InChI=1S/C23H25N5O4/c1-31-18-3-4-20-15(11-18)5-10-28(23(30)26-20)17-6-8-27(9-7-17)21-12-19(22(29)32-2)16(13-24)14-25-21/h3-4,11-12,14,17H,5-10H2,1-2H3,(H,26,30). The average Bonchev–Trinajstić information content (AvgIpc) is 3.00. The number of urea groups is 1. The van der Waals surface area contributed by atoms with Crippen molar-refractivity contribution in [3.05, 3.63) is 47.2 Å². The molecule has 0 saturated carbocycles. The smallest absolute Gasteiger partial charge is 0.339 e. The zero-order chi connectivity index (χ0) is 22.7. The molecule has 0 atom stereocenters. The molecule has 1 N–H and O–H groups in total. The Balaban J connectivity index is 1.43. The normalized spacial score (nSPS) is 16.5. The van der Waals surface area contributed by atoms with Gasteiger partial charge in [0.15, 0.2) is 0 Å². The highest BCUT2D eigenvalue weighted by Gasteiger charge is 2.31. The Labute approximate surface area is 186 Å². The Morgan fingerprint density at radius 3 is 2.69 bits per heavy atom. The summed E-state index contributed by atoms with van der Waals surface area (Å²) < 4.78 is 10.1. The van der Waals surface area contributed by atoms with Crippen LogP contribution in [0.25, 0.3) is 0 Å². The van der Waals surface area contributed by atoms with E-state index in [1.54, 1.807) is 13.2 Å². The fourth-order valence-corrected chi connectivity index (χ4v) is 4.30. The minimum atomic E-state index is -0.558. The number of aromatic nitrogens is 1. The van der Waals surface area contributed by atoms with Crippen LogP contribution in [-0.2, 0) is 11.2 Å². The summed E-state index contributed by atoms with van der Waals surface area (Å²) in [6.07, 6.45) is 3.72. The van der Waals surface area contributed by atoms with Crippen molar-refractivity contribution in [1.82, 2.24) is 9.88 Å². The molecule has 2 amide bonds. The molecule has 32 heavy (non-hydrogen) atoms. The van der Waals surface area contributed by atoms with Gasteiger partial charge in [-0.25, -0.2) is 14.6 Å². The van der Waals surface area contributed by atoms with Crippen LogP contribution in [0.4, 0.5) is 16.3 Å². The average molecular weight is 435 g/mol. The summed E-state index contributed by atoms with van der Waals surface area (Å²) in [6.45, 7) is 2.02. The highest BCUT2D eigenvalue weighted by atomic mass is 16.5. The predicted octanol–water partition coefficient (Wildman–Crippen LogP) is 2.81. The number of piperidine rings is 1. The SMILES string of the molecule is COC(=O)c1cc(N2CCC(N3CCc4cc(OC)ccc4NC3=O)CC2)ncc1C#N. The molecular weight excluding hydrogens is 410 g/mol. The number of rotatable bonds is 4. The van der Waals surface area contributed by atoms with Crippen LogP contribution in [0.15, 0.2) is 30.5 Å². The van der Waals surface area contributed by atoms with Gasteiger partial charge in [0, 0.05) is 37.6 Å². The van der Waals surface area contributed by atoms with Gasteiger partial charge in [0.1, 0.15) is 17.6 Å². The van der Waals surface area contributed by atoms with Crippen molar-refractivity contribution in [2.24, 2.45) is 0 Å². The molecule has 1 saturated heterocycles. The summed E-state index contributed by atoms with van der Waals surface area (Å²) in [5, 5.41) is 12.2. The van der Waals surface area contributed by atoms with Gasteiger partial charge < -0.3 is 24.6 Å². The number of hydrogen-bond donors (Lipinski definition) is 1. The van der Waals surface area contributed by atoms with E-state index in [2.05, 4.69) is 15.2 Å². The second kappa shape index (κ2) is 9.14. The van der Waals surface area contributed by atoms with E-state index in [1.165, 1.54) is 13.3 Å². The van der Waals surface area contributed by atoms with Gasteiger partial charge in [0.2, 0.25) is 0 Å². The largest absolute Gasteiger partial charge is 0.497 e. The molecule has 0 bridgehead atoms. The summed E-state index contributed by atoms with van der Waals surface area (Å²) in [4.78, 5) is 33.2. The molecule has 0 unspecified atom stereocenters. The molecule has 1 aromatic heterocycles. The molecule has 166 valence electrons. The number of esters is 1. The number of ether oxygens (including phenoxy) is 2. The fraction of sp³-hybridized carbons (Fsp3) is 0.391. The molecule has 1 fully saturated rings. The Hall–Kier alpha value is -3.80. The number of fused-ring (bicyclic) bond motifs is 1. The third-order valence-electron chi connectivity index (χ3n) is 6.08. The van der Waals surface area contributed by atoms with Crippen molar-refractivity contribution >= 4 is 23.5 Å². The van der Waals surface area contributed by atoms with E-state index in [9.17, 15) is 14.9 Å². The number of carbonyl (C=O) groups excluding carboxylic acids is 2. The third kappa shape index (κ3) is 4.17. The van der Waals surface area contributed by atoms with Crippen LogP contribution in [0.5, 0.6) is 5.75 Å². The summed E-state index contributed by atoms with van der Waals surface area (Å²) >= 11 is 0. The molecule has 9 nitrogen and oxygen atoms in total. The lowest BCUT2D eigenvalue weighted by Gasteiger charge is -2.38. The second-order valence-electron chi connectivity index (χ2n) is 7.81. The first-order chi connectivity index (χ1) is 15.5. The number of methoxy groups -OCH3 is 2. The molecular formula is C23H25N5O4. The Morgan fingerprint density at radius 2 is 2.00 bits per heavy atom. The van der Waals surface area contributed by atoms with Gasteiger partial charge in [-0.3, -0.25) is 0 Å². The van der Waals surface area contributed by atoms with Crippen LogP contribution >= 0.6 is 0 Å². The Kier molecular flexibility index (Phi) is 6.12. The number of benzene rings is 1. The van der Waals surface area contributed by atoms with Crippen LogP contribution in [0.3, 0.4) is 0 Å². The van der Waals surface area contributed by atoms with Gasteiger partial charge in [0.25, 0.3) is 0 Å². The lowest BCUT2D eigenvalue weighted by molar-refractivity contribution is 0.0600. The first-order valence-corrected chi connectivity index (χ1v) is 10.5. The van der Waals surface area contributed by atoms with Crippen molar-refractivity contribution in [2.75, 3.05) is 44.1 Å². The van der Waals surface area contributed by atoms with Gasteiger partial charge in [0.05, 0.1) is 25.3 Å². The van der Waals surface area contributed by atoms with Crippen molar-refractivity contribution < 1.29 is 19.1 Å². The maximum atomic E-state index is 12.9. The predicted molar refractivity (Wildman–Crippen MR) is 118 cm³/mol. The van der Waals surface area contributed by atoms with Crippen molar-refractivity contribution in [2.45, 2.75) is 25.3 Å². The van der Waals surface area contributed by atoms with Crippen molar-refractivity contribution in [1.29, 1.82) is 5.26 Å². The number of carbonyl (C=O) groups is 2. The zero-order valence-electron chi connectivity index (χ0n) is 18.1. The molecule has 0 aliphatic carbocycles. The second-order valence-corrected chi connectivity index (χ2v) is 7.81. The summed E-state index contributed by atoms with van der Waals surface area (Å²) in [5.41, 5.74) is 2.29. The maximum Gasteiger partial charge on any atom is 0.339 e. The van der Waals surface area contributed by atoms with E-state index in [0.717, 1.165) is 36.3 Å². The first-order valence-electron chi connectivity index (χ1n) is 10.5. The molecule has 2 aliphatic rings. The Morgan fingerprint density at radius 1 is 1.22 bits per heavy atom.